The molecule has 2 aromatic rings. The molecule has 0 saturated heterocycles. The molecule has 0 heterocycles. The smallest absolute Gasteiger partial charge is 0.259 e. The third kappa shape index (κ3) is 5.34. The maximum atomic E-state index is 12.3. The Hall–Kier alpha value is -2.30. The van der Waals surface area contributed by atoms with Crippen LogP contribution in [-0.2, 0) is 4.79 Å². The van der Waals surface area contributed by atoms with Gasteiger partial charge in [0, 0.05) is 19.7 Å². The lowest BCUT2D eigenvalue weighted by molar-refractivity contribution is -0.130. The Morgan fingerprint density at radius 3 is 2.56 bits per heavy atom. The number of halogens is 2. The summed E-state index contributed by atoms with van der Waals surface area (Å²) in [7, 11) is 3.30. The SMILES string of the molecule is CN(C)C(=O)COc1cccc(C(=O)/C=C/c2cccc(Cl)c2Cl)c1. The molecule has 0 bridgehead atoms. The third-order valence-electron chi connectivity index (χ3n) is 3.38. The van der Waals surface area contributed by atoms with E-state index in [0.717, 1.165) is 0 Å². The third-order valence-corrected chi connectivity index (χ3v) is 4.21. The Bertz CT molecular complexity index is 816. The first kappa shape index (κ1) is 19.0. The number of rotatable bonds is 6. The number of benzene rings is 2. The molecular formula is C19H17Cl2NO3. The lowest BCUT2D eigenvalue weighted by Crippen LogP contribution is -2.27. The molecule has 0 spiro atoms. The number of hydrogen-bond acceptors (Lipinski definition) is 3. The second-order valence-corrected chi connectivity index (χ2v) is 6.23. The van der Waals surface area contributed by atoms with Gasteiger partial charge in [0.2, 0.25) is 0 Å². The van der Waals surface area contributed by atoms with Gasteiger partial charge in [0.25, 0.3) is 5.91 Å². The van der Waals surface area contributed by atoms with Crippen molar-refractivity contribution < 1.29 is 14.3 Å². The summed E-state index contributed by atoms with van der Waals surface area (Å²) in [5.41, 5.74) is 1.11. The maximum Gasteiger partial charge on any atom is 0.259 e. The lowest BCUT2D eigenvalue weighted by atomic mass is 10.1. The summed E-state index contributed by atoms with van der Waals surface area (Å²) in [5.74, 6) is 0.0860. The molecule has 4 nitrogen and oxygen atoms in total. The molecular weight excluding hydrogens is 361 g/mol. The number of carbonyl (C=O) groups excluding carboxylic acids is 2. The molecule has 1 amide bonds. The summed E-state index contributed by atoms with van der Waals surface area (Å²) >= 11 is 12.0. The Labute approximate surface area is 156 Å². The number of ether oxygens (including phenoxy) is 1. The van der Waals surface area contributed by atoms with Gasteiger partial charge in [-0.25, -0.2) is 0 Å². The van der Waals surface area contributed by atoms with Crippen LogP contribution in [0.25, 0.3) is 6.08 Å². The summed E-state index contributed by atoms with van der Waals surface area (Å²) in [6.45, 7) is -0.0847. The number of likely N-dealkylation sites (N-methyl/N-ethyl adjacent to an activating group) is 1. The van der Waals surface area contributed by atoms with Gasteiger partial charge in [-0.2, -0.15) is 0 Å². The van der Waals surface area contributed by atoms with Gasteiger partial charge in [0.05, 0.1) is 10.0 Å². The minimum Gasteiger partial charge on any atom is -0.484 e. The van der Waals surface area contributed by atoms with Gasteiger partial charge in [0.1, 0.15) is 5.75 Å². The molecule has 6 heteroatoms. The van der Waals surface area contributed by atoms with Gasteiger partial charge in [-0.15, -0.1) is 0 Å². The average molecular weight is 378 g/mol. The monoisotopic (exact) mass is 377 g/mol. The largest absolute Gasteiger partial charge is 0.484 e. The van der Waals surface area contributed by atoms with Crippen molar-refractivity contribution in [2.24, 2.45) is 0 Å². The molecule has 0 aromatic heterocycles. The number of allylic oxidation sites excluding steroid dienone is 1. The first-order valence-electron chi connectivity index (χ1n) is 7.48. The molecule has 25 heavy (non-hydrogen) atoms. The quantitative estimate of drug-likeness (QED) is 0.555. The van der Waals surface area contributed by atoms with Gasteiger partial charge < -0.3 is 9.64 Å². The fourth-order valence-electron chi connectivity index (χ4n) is 1.92. The van der Waals surface area contributed by atoms with Crippen LogP contribution in [0.4, 0.5) is 0 Å². The zero-order chi connectivity index (χ0) is 18.4. The van der Waals surface area contributed by atoms with E-state index in [2.05, 4.69) is 0 Å². The summed E-state index contributed by atoms with van der Waals surface area (Å²) in [6.07, 6.45) is 3.03. The van der Waals surface area contributed by atoms with Crippen LogP contribution >= 0.6 is 23.2 Å². The van der Waals surface area contributed by atoms with Gasteiger partial charge in [-0.05, 0) is 35.9 Å². The average Bonchev–Trinajstić information content (AvgIpc) is 2.60. The molecule has 0 aliphatic rings. The van der Waals surface area contributed by atoms with Crippen LogP contribution in [-0.4, -0.2) is 37.3 Å². The summed E-state index contributed by atoms with van der Waals surface area (Å²) in [5, 5.41) is 0.824. The van der Waals surface area contributed by atoms with E-state index in [1.807, 2.05) is 0 Å². The van der Waals surface area contributed by atoms with E-state index in [4.69, 9.17) is 27.9 Å². The van der Waals surface area contributed by atoms with E-state index < -0.39 is 0 Å². The Balaban J connectivity index is 2.09. The summed E-state index contributed by atoms with van der Waals surface area (Å²) < 4.78 is 5.41. The number of carbonyl (C=O) groups is 2. The highest BCUT2D eigenvalue weighted by Crippen LogP contribution is 2.26. The number of ketones is 1. The molecule has 0 saturated carbocycles. The zero-order valence-electron chi connectivity index (χ0n) is 13.8. The minimum absolute atomic E-state index is 0.0847. The fraction of sp³-hybridized carbons (Fsp3) is 0.158. The van der Waals surface area contributed by atoms with Crippen molar-refractivity contribution >= 4 is 41.0 Å². The molecule has 130 valence electrons. The topological polar surface area (TPSA) is 46.6 Å². The number of amides is 1. The van der Waals surface area contributed by atoms with E-state index in [9.17, 15) is 9.59 Å². The first-order valence-corrected chi connectivity index (χ1v) is 8.23. The summed E-state index contributed by atoms with van der Waals surface area (Å²) in [6, 6.07) is 11.9. The van der Waals surface area contributed by atoms with Crippen LogP contribution in [0.1, 0.15) is 15.9 Å². The second-order valence-electron chi connectivity index (χ2n) is 5.45. The highest BCUT2D eigenvalue weighted by molar-refractivity contribution is 6.42. The highest BCUT2D eigenvalue weighted by Gasteiger charge is 2.08. The van der Waals surface area contributed by atoms with E-state index in [1.54, 1.807) is 62.6 Å². The van der Waals surface area contributed by atoms with E-state index in [-0.39, 0.29) is 18.3 Å². The second kappa shape index (κ2) is 8.70. The van der Waals surface area contributed by atoms with Gasteiger partial charge in [-0.3, -0.25) is 9.59 Å². The van der Waals surface area contributed by atoms with Crippen molar-refractivity contribution in [3.8, 4) is 5.75 Å². The maximum absolute atomic E-state index is 12.3. The number of hydrogen-bond donors (Lipinski definition) is 0. The van der Waals surface area contributed by atoms with E-state index in [1.165, 1.54) is 11.0 Å². The molecule has 0 aliphatic heterocycles. The predicted octanol–water partition coefficient (Wildman–Crippen LogP) is 4.36. The van der Waals surface area contributed by atoms with Crippen molar-refractivity contribution in [1.29, 1.82) is 0 Å². The minimum atomic E-state index is -0.208. The molecule has 0 atom stereocenters. The summed E-state index contributed by atoms with van der Waals surface area (Å²) in [4.78, 5) is 25.3. The molecule has 0 unspecified atom stereocenters. The van der Waals surface area contributed by atoms with Crippen LogP contribution in [0, 0.1) is 0 Å². The van der Waals surface area contributed by atoms with Crippen molar-refractivity contribution in [2.45, 2.75) is 0 Å². The van der Waals surface area contributed by atoms with Gasteiger partial charge >= 0.3 is 0 Å². The Morgan fingerprint density at radius 2 is 1.84 bits per heavy atom. The fourth-order valence-corrected chi connectivity index (χ4v) is 2.30. The van der Waals surface area contributed by atoms with Crippen LogP contribution in [0.3, 0.4) is 0 Å². The highest BCUT2D eigenvalue weighted by atomic mass is 35.5. The van der Waals surface area contributed by atoms with Crippen LogP contribution < -0.4 is 4.74 Å². The van der Waals surface area contributed by atoms with Gasteiger partial charge in [0.15, 0.2) is 12.4 Å². The van der Waals surface area contributed by atoms with Crippen LogP contribution in [0.2, 0.25) is 10.0 Å². The molecule has 0 N–H and O–H groups in total. The molecule has 0 fully saturated rings. The van der Waals surface area contributed by atoms with Crippen LogP contribution in [0.5, 0.6) is 5.75 Å². The Kier molecular flexibility index (Phi) is 6.62. The van der Waals surface area contributed by atoms with Crippen molar-refractivity contribution in [2.75, 3.05) is 20.7 Å². The zero-order valence-corrected chi connectivity index (χ0v) is 15.3. The van der Waals surface area contributed by atoms with Gasteiger partial charge in [-0.1, -0.05) is 47.5 Å². The van der Waals surface area contributed by atoms with Crippen molar-refractivity contribution in [1.82, 2.24) is 4.90 Å². The first-order chi connectivity index (χ1) is 11.9. The van der Waals surface area contributed by atoms with E-state index >= 15 is 0 Å². The Morgan fingerprint density at radius 1 is 1.12 bits per heavy atom. The molecule has 2 rings (SSSR count). The van der Waals surface area contributed by atoms with Crippen molar-refractivity contribution in [3.63, 3.8) is 0 Å². The van der Waals surface area contributed by atoms with Crippen molar-refractivity contribution in [3.05, 3.63) is 69.7 Å². The normalized spacial score (nSPS) is 10.7. The van der Waals surface area contributed by atoms with Crippen LogP contribution in [0.15, 0.2) is 48.5 Å². The number of nitrogens with zero attached hydrogens (tertiary/aromatic N) is 1. The standard InChI is InChI=1S/C19H17Cl2NO3/c1-22(2)18(24)12-25-15-7-3-6-14(11-15)17(23)10-9-13-5-4-8-16(20)19(13)21/h3-11H,12H2,1-2H3/b10-9+. The lowest BCUT2D eigenvalue weighted by Gasteiger charge is -2.11. The predicted molar refractivity (Wildman–Crippen MR) is 100 cm³/mol. The molecule has 0 radical (unpaired) electrons. The molecule has 0 aliphatic carbocycles. The molecule has 2 aromatic carbocycles. The van der Waals surface area contributed by atoms with E-state index in [0.29, 0.717) is 26.9 Å².